The molecule has 0 bridgehead atoms. The molecule has 6 nitrogen and oxygen atoms in total. The molecule has 0 aromatic rings. The van der Waals surface area contributed by atoms with E-state index in [4.69, 9.17) is 0 Å². The summed E-state index contributed by atoms with van der Waals surface area (Å²) in [6.07, 6.45) is 0.971. The number of aliphatic carboxylic acids is 1. The second-order valence-electron chi connectivity index (χ2n) is 6.37. The Kier molecular flexibility index (Phi) is 3.31. The van der Waals surface area contributed by atoms with E-state index in [1.54, 1.807) is 0 Å². The highest BCUT2D eigenvalue weighted by molar-refractivity contribution is 7.86. The molecule has 2 aliphatic heterocycles. The van der Waals surface area contributed by atoms with E-state index in [1.807, 2.05) is 0 Å². The lowest BCUT2D eigenvalue weighted by molar-refractivity contribution is -0.140. The predicted molar refractivity (Wildman–Crippen MR) is 69.1 cm³/mol. The Bertz CT molecular complexity index is 552. The molecule has 9 heteroatoms. The number of carboxylic acids is 1. The second-order valence-corrected chi connectivity index (χ2v) is 8.25. The molecule has 0 radical (unpaired) electrons. The smallest absolute Gasteiger partial charge is 0.322 e. The molecule has 1 aliphatic carbocycles. The van der Waals surface area contributed by atoms with Crippen molar-refractivity contribution >= 4 is 16.2 Å². The molecule has 21 heavy (non-hydrogen) atoms. The molecule has 3 rings (SSSR count). The molecule has 0 unspecified atom stereocenters. The van der Waals surface area contributed by atoms with Crippen molar-refractivity contribution in [1.82, 2.24) is 8.61 Å². The summed E-state index contributed by atoms with van der Waals surface area (Å²) in [7, 11) is -3.98. The minimum Gasteiger partial charge on any atom is -0.480 e. The molecule has 120 valence electrons. The molecule has 0 aromatic carbocycles. The highest BCUT2D eigenvalue weighted by Crippen LogP contribution is 2.55. The van der Waals surface area contributed by atoms with Crippen LogP contribution in [0.4, 0.5) is 8.78 Å². The quantitative estimate of drug-likeness (QED) is 0.837. The Morgan fingerprint density at radius 2 is 1.71 bits per heavy atom. The summed E-state index contributed by atoms with van der Waals surface area (Å²) in [5, 5.41) is 9.24. The van der Waals surface area contributed by atoms with Crippen molar-refractivity contribution in [1.29, 1.82) is 0 Å². The van der Waals surface area contributed by atoms with Crippen LogP contribution >= 0.6 is 0 Å². The van der Waals surface area contributed by atoms with Gasteiger partial charge in [-0.25, -0.2) is 8.78 Å². The lowest BCUT2D eigenvalue weighted by atomic mass is 10.0. The Morgan fingerprint density at radius 1 is 1.14 bits per heavy atom. The normalized spacial score (nSPS) is 32.4. The van der Waals surface area contributed by atoms with E-state index in [0.717, 1.165) is 21.5 Å². The number of halogens is 2. The third kappa shape index (κ3) is 2.66. The fourth-order valence-electron chi connectivity index (χ4n) is 3.20. The van der Waals surface area contributed by atoms with E-state index in [0.29, 0.717) is 6.42 Å². The number of rotatable bonds is 3. The zero-order chi connectivity index (χ0) is 15.5. The average molecular weight is 324 g/mol. The molecule has 3 fully saturated rings. The Labute approximate surface area is 121 Å². The van der Waals surface area contributed by atoms with Gasteiger partial charge in [-0.15, -0.1) is 0 Å². The average Bonchev–Trinajstić information content (AvgIpc) is 2.98. The fourth-order valence-corrected chi connectivity index (χ4v) is 5.07. The van der Waals surface area contributed by atoms with Gasteiger partial charge in [0.05, 0.1) is 0 Å². The molecular weight excluding hydrogens is 306 g/mol. The zero-order valence-corrected chi connectivity index (χ0v) is 12.3. The second kappa shape index (κ2) is 4.60. The minimum absolute atomic E-state index is 0.194. The monoisotopic (exact) mass is 324 g/mol. The summed E-state index contributed by atoms with van der Waals surface area (Å²) in [6, 6.07) is -1.07. The van der Waals surface area contributed by atoms with Gasteiger partial charge >= 0.3 is 5.97 Å². The first kappa shape index (κ1) is 15.1. The van der Waals surface area contributed by atoms with Crippen molar-refractivity contribution in [2.24, 2.45) is 5.41 Å². The lowest BCUT2D eigenvalue weighted by Gasteiger charge is -2.34. The summed E-state index contributed by atoms with van der Waals surface area (Å²) in [5.41, 5.74) is -0.199. The summed E-state index contributed by atoms with van der Waals surface area (Å²) in [4.78, 5) is 11.3. The van der Waals surface area contributed by atoms with Gasteiger partial charge in [-0.05, 0) is 24.7 Å². The molecule has 0 amide bonds. The maximum absolute atomic E-state index is 13.2. The number of alkyl halides is 2. The number of hydrogen-bond donors (Lipinski definition) is 1. The summed E-state index contributed by atoms with van der Waals surface area (Å²) in [5.74, 6) is -3.99. The Balaban J connectivity index is 1.79. The van der Waals surface area contributed by atoms with Crippen LogP contribution in [0.5, 0.6) is 0 Å². The number of carboxylic acid groups (broad SMARTS) is 1. The highest BCUT2D eigenvalue weighted by atomic mass is 32.2. The molecule has 1 spiro atoms. The van der Waals surface area contributed by atoms with Crippen LogP contribution in [-0.4, -0.2) is 59.7 Å². The molecule has 2 saturated heterocycles. The molecule has 1 saturated carbocycles. The van der Waals surface area contributed by atoms with Crippen LogP contribution in [0.2, 0.25) is 0 Å². The highest BCUT2D eigenvalue weighted by Gasteiger charge is 2.58. The largest absolute Gasteiger partial charge is 0.480 e. The molecular formula is C12H18F2N2O4S. The van der Waals surface area contributed by atoms with Gasteiger partial charge in [0.1, 0.15) is 6.04 Å². The van der Waals surface area contributed by atoms with Crippen LogP contribution in [0, 0.1) is 5.41 Å². The lowest BCUT2D eigenvalue weighted by Crippen LogP contribution is -2.52. The van der Waals surface area contributed by atoms with Crippen molar-refractivity contribution in [3.63, 3.8) is 0 Å². The SMILES string of the molecule is O=C(O)[C@@H]1CC2(CC2)CN1S(=O)(=O)N1CCC(F)(F)CC1. The number of hydrogen-bond acceptors (Lipinski definition) is 3. The first-order valence-corrected chi connectivity index (χ1v) is 8.43. The first-order valence-electron chi connectivity index (χ1n) is 7.03. The molecule has 2 heterocycles. The van der Waals surface area contributed by atoms with Gasteiger partial charge in [0.2, 0.25) is 0 Å². The van der Waals surface area contributed by atoms with E-state index in [9.17, 15) is 27.1 Å². The molecule has 3 aliphatic rings. The van der Waals surface area contributed by atoms with Crippen molar-refractivity contribution in [2.45, 2.75) is 44.1 Å². The van der Waals surface area contributed by atoms with Gasteiger partial charge in [0.15, 0.2) is 0 Å². The van der Waals surface area contributed by atoms with Gasteiger partial charge in [-0.3, -0.25) is 4.79 Å². The van der Waals surface area contributed by atoms with Gasteiger partial charge < -0.3 is 5.11 Å². The minimum atomic E-state index is -3.98. The number of carbonyl (C=O) groups is 1. The van der Waals surface area contributed by atoms with E-state index in [-0.39, 0.29) is 25.0 Å². The third-order valence-electron chi connectivity index (χ3n) is 4.78. The number of nitrogens with zero attached hydrogens (tertiary/aromatic N) is 2. The molecule has 1 atom stereocenters. The van der Waals surface area contributed by atoms with Crippen molar-refractivity contribution < 1.29 is 27.1 Å². The first-order chi connectivity index (χ1) is 9.65. The predicted octanol–water partition coefficient (Wildman–Crippen LogP) is 0.901. The summed E-state index contributed by atoms with van der Waals surface area (Å²) >= 11 is 0. The van der Waals surface area contributed by atoms with Gasteiger partial charge in [0.25, 0.3) is 16.1 Å². The number of piperidine rings is 1. The van der Waals surface area contributed by atoms with Crippen molar-refractivity contribution in [2.75, 3.05) is 19.6 Å². The van der Waals surface area contributed by atoms with E-state index in [1.165, 1.54) is 0 Å². The van der Waals surface area contributed by atoms with Gasteiger partial charge in [-0.1, -0.05) is 0 Å². The van der Waals surface area contributed by atoms with Crippen LogP contribution < -0.4 is 0 Å². The van der Waals surface area contributed by atoms with Crippen molar-refractivity contribution in [3.05, 3.63) is 0 Å². The van der Waals surface area contributed by atoms with Crippen molar-refractivity contribution in [3.8, 4) is 0 Å². The Morgan fingerprint density at radius 3 is 2.19 bits per heavy atom. The van der Waals surface area contributed by atoms with Crippen LogP contribution in [0.25, 0.3) is 0 Å². The maximum atomic E-state index is 13.2. The van der Waals surface area contributed by atoms with Crippen LogP contribution in [0.1, 0.15) is 32.1 Å². The molecule has 1 N–H and O–H groups in total. The van der Waals surface area contributed by atoms with E-state index >= 15 is 0 Å². The Hall–Kier alpha value is -0.800. The third-order valence-corrected chi connectivity index (χ3v) is 6.78. The summed E-state index contributed by atoms with van der Waals surface area (Å²) < 4.78 is 53.5. The topological polar surface area (TPSA) is 77.9 Å². The zero-order valence-electron chi connectivity index (χ0n) is 11.5. The van der Waals surface area contributed by atoms with E-state index < -0.39 is 41.0 Å². The van der Waals surface area contributed by atoms with Gasteiger partial charge in [-0.2, -0.15) is 17.0 Å². The fraction of sp³-hybridized carbons (Fsp3) is 0.917. The van der Waals surface area contributed by atoms with Crippen LogP contribution in [0.15, 0.2) is 0 Å². The summed E-state index contributed by atoms with van der Waals surface area (Å²) in [6.45, 7) is -0.324. The molecule has 0 aromatic heterocycles. The standard InChI is InChI=1S/C12H18F2N2O4S/c13-12(14)3-5-15(6-4-12)21(19,20)16-8-11(1-2-11)7-9(16)10(17)18/h9H,1-8H2,(H,17,18)/t9-/m0/s1. The van der Waals surface area contributed by atoms with Crippen LogP contribution in [-0.2, 0) is 15.0 Å². The van der Waals surface area contributed by atoms with Crippen LogP contribution in [0.3, 0.4) is 0 Å². The van der Waals surface area contributed by atoms with E-state index in [2.05, 4.69) is 0 Å². The maximum Gasteiger partial charge on any atom is 0.322 e. The van der Waals surface area contributed by atoms with Gasteiger partial charge in [0, 0.05) is 32.5 Å².